The minimum Gasteiger partial charge on any atom is -0.478 e. The lowest BCUT2D eigenvalue weighted by Crippen LogP contribution is -2.28. The molecule has 1 aromatic carbocycles. The van der Waals surface area contributed by atoms with Crippen LogP contribution in [0.1, 0.15) is 22.3 Å². The van der Waals surface area contributed by atoms with Gasteiger partial charge in [0.2, 0.25) is 0 Å². The molecule has 114 valence electrons. The van der Waals surface area contributed by atoms with Crippen molar-refractivity contribution in [1.82, 2.24) is 4.90 Å². The van der Waals surface area contributed by atoms with Crippen molar-refractivity contribution in [3.8, 4) is 0 Å². The number of ether oxygens (including phenoxy) is 1. The van der Waals surface area contributed by atoms with E-state index < -0.39 is 11.8 Å². The van der Waals surface area contributed by atoms with Crippen LogP contribution >= 0.6 is 0 Å². The zero-order valence-electron chi connectivity index (χ0n) is 12.0. The standard InChI is InChI=1S/C15H18FNO4/c1-17(8-3-9-21-2)15(20)12-5-4-11(13(16)10-12)6-7-14(18)19/h4-7,10H,3,8-9H2,1-2H3,(H,18,19). The van der Waals surface area contributed by atoms with E-state index in [1.165, 1.54) is 17.0 Å². The van der Waals surface area contributed by atoms with Crippen LogP contribution in [-0.4, -0.2) is 49.2 Å². The van der Waals surface area contributed by atoms with Gasteiger partial charge < -0.3 is 14.7 Å². The van der Waals surface area contributed by atoms with Gasteiger partial charge in [-0.2, -0.15) is 0 Å². The van der Waals surface area contributed by atoms with Crippen molar-refractivity contribution in [3.05, 3.63) is 41.2 Å². The van der Waals surface area contributed by atoms with Gasteiger partial charge in [0.25, 0.3) is 5.91 Å². The number of hydrogen-bond donors (Lipinski definition) is 1. The van der Waals surface area contributed by atoms with Crippen LogP contribution < -0.4 is 0 Å². The average molecular weight is 295 g/mol. The lowest BCUT2D eigenvalue weighted by molar-refractivity contribution is -0.131. The molecule has 0 heterocycles. The van der Waals surface area contributed by atoms with E-state index in [4.69, 9.17) is 9.84 Å². The number of carbonyl (C=O) groups excluding carboxylic acids is 1. The molecule has 1 rings (SSSR count). The van der Waals surface area contributed by atoms with Gasteiger partial charge >= 0.3 is 5.97 Å². The summed E-state index contributed by atoms with van der Waals surface area (Å²) >= 11 is 0. The molecule has 0 aliphatic heterocycles. The Kier molecular flexibility index (Phi) is 6.55. The van der Waals surface area contributed by atoms with Crippen LogP contribution in [0.4, 0.5) is 4.39 Å². The Morgan fingerprint density at radius 3 is 2.71 bits per heavy atom. The van der Waals surface area contributed by atoms with Crippen LogP contribution in [0.15, 0.2) is 24.3 Å². The van der Waals surface area contributed by atoms with E-state index in [-0.39, 0.29) is 17.0 Å². The molecular formula is C15H18FNO4. The fourth-order valence-corrected chi connectivity index (χ4v) is 1.72. The summed E-state index contributed by atoms with van der Waals surface area (Å²) in [7, 11) is 3.22. The van der Waals surface area contributed by atoms with Crippen molar-refractivity contribution < 1.29 is 23.8 Å². The number of benzene rings is 1. The Labute approximate surface area is 122 Å². The van der Waals surface area contributed by atoms with Crippen LogP contribution in [0.2, 0.25) is 0 Å². The Hall–Kier alpha value is -2.21. The molecule has 0 fully saturated rings. The smallest absolute Gasteiger partial charge is 0.328 e. The first-order valence-electron chi connectivity index (χ1n) is 6.40. The molecule has 0 saturated carbocycles. The lowest BCUT2D eigenvalue weighted by Gasteiger charge is -2.17. The molecule has 5 nitrogen and oxygen atoms in total. The molecule has 0 saturated heterocycles. The maximum Gasteiger partial charge on any atom is 0.328 e. The minimum absolute atomic E-state index is 0.121. The lowest BCUT2D eigenvalue weighted by atomic mass is 10.1. The fourth-order valence-electron chi connectivity index (χ4n) is 1.72. The number of hydrogen-bond acceptors (Lipinski definition) is 3. The number of carboxylic acids is 1. The third kappa shape index (κ3) is 5.35. The molecule has 0 radical (unpaired) electrons. The monoisotopic (exact) mass is 295 g/mol. The quantitative estimate of drug-likeness (QED) is 0.617. The maximum atomic E-state index is 13.8. The molecule has 1 aromatic rings. The highest BCUT2D eigenvalue weighted by molar-refractivity contribution is 5.94. The molecule has 1 amide bonds. The van der Waals surface area contributed by atoms with Crippen LogP contribution in [0.25, 0.3) is 6.08 Å². The second-order valence-electron chi connectivity index (χ2n) is 4.48. The molecule has 0 unspecified atom stereocenters. The highest BCUT2D eigenvalue weighted by Crippen LogP contribution is 2.14. The Morgan fingerprint density at radius 1 is 1.43 bits per heavy atom. The highest BCUT2D eigenvalue weighted by Gasteiger charge is 2.13. The first-order chi connectivity index (χ1) is 9.95. The van der Waals surface area contributed by atoms with Crippen molar-refractivity contribution in [1.29, 1.82) is 0 Å². The summed E-state index contributed by atoms with van der Waals surface area (Å²) in [6.07, 6.45) is 2.69. The summed E-state index contributed by atoms with van der Waals surface area (Å²) in [5.41, 5.74) is 0.343. The van der Waals surface area contributed by atoms with Gasteiger partial charge in [-0.25, -0.2) is 9.18 Å². The van der Waals surface area contributed by atoms with Crippen molar-refractivity contribution in [2.45, 2.75) is 6.42 Å². The van der Waals surface area contributed by atoms with Gasteiger partial charge in [0.1, 0.15) is 5.82 Å². The van der Waals surface area contributed by atoms with Gasteiger partial charge in [-0.1, -0.05) is 6.07 Å². The third-order valence-electron chi connectivity index (χ3n) is 2.84. The average Bonchev–Trinajstić information content (AvgIpc) is 2.45. The molecule has 6 heteroatoms. The number of amides is 1. The summed E-state index contributed by atoms with van der Waals surface area (Å²) in [6, 6.07) is 3.96. The largest absolute Gasteiger partial charge is 0.478 e. The Morgan fingerprint density at radius 2 is 2.14 bits per heavy atom. The van der Waals surface area contributed by atoms with Gasteiger partial charge in [0, 0.05) is 44.5 Å². The molecule has 0 atom stereocenters. The molecule has 0 aliphatic rings. The molecule has 1 N–H and O–H groups in total. The van der Waals surface area contributed by atoms with Gasteiger partial charge in [-0.3, -0.25) is 4.79 Å². The summed E-state index contributed by atoms with van der Waals surface area (Å²) in [5, 5.41) is 8.50. The van der Waals surface area contributed by atoms with E-state index in [0.29, 0.717) is 19.6 Å². The minimum atomic E-state index is -1.16. The predicted molar refractivity (Wildman–Crippen MR) is 76.5 cm³/mol. The molecule has 0 aliphatic carbocycles. The summed E-state index contributed by atoms with van der Waals surface area (Å²) in [6.45, 7) is 1.06. The van der Waals surface area contributed by atoms with Gasteiger partial charge in [0.15, 0.2) is 0 Å². The number of methoxy groups -OCH3 is 1. The number of carboxylic acid groups (broad SMARTS) is 1. The topological polar surface area (TPSA) is 66.8 Å². The fraction of sp³-hybridized carbons (Fsp3) is 0.333. The van der Waals surface area contributed by atoms with E-state index in [9.17, 15) is 14.0 Å². The van der Waals surface area contributed by atoms with Crippen LogP contribution in [0, 0.1) is 5.82 Å². The second-order valence-corrected chi connectivity index (χ2v) is 4.48. The first kappa shape index (κ1) is 16.8. The summed E-state index contributed by atoms with van der Waals surface area (Å²) in [5.74, 6) is -2.09. The molecule has 0 aromatic heterocycles. The van der Waals surface area contributed by atoms with Crippen LogP contribution in [-0.2, 0) is 9.53 Å². The predicted octanol–water partition coefficient (Wildman–Crippen LogP) is 2.03. The number of carbonyl (C=O) groups is 2. The number of aliphatic carboxylic acids is 1. The first-order valence-corrected chi connectivity index (χ1v) is 6.40. The van der Waals surface area contributed by atoms with Gasteiger partial charge in [0.05, 0.1) is 0 Å². The van der Waals surface area contributed by atoms with Crippen LogP contribution in [0.3, 0.4) is 0 Å². The molecule has 0 bridgehead atoms. The Balaban J connectivity index is 2.78. The SMILES string of the molecule is COCCCN(C)C(=O)c1ccc(C=CC(=O)O)c(F)c1. The maximum absolute atomic E-state index is 13.8. The van der Waals surface area contributed by atoms with Gasteiger partial charge in [-0.15, -0.1) is 0 Å². The van der Waals surface area contributed by atoms with Crippen molar-refractivity contribution in [3.63, 3.8) is 0 Å². The number of halogens is 1. The zero-order chi connectivity index (χ0) is 15.8. The Bertz CT molecular complexity index is 542. The number of rotatable bonds is 7. The third-order valence-corrected chi connectivity index (χ3v) is 2.84. The summed E-state index contributed by atoms with van der Waals surface area (Å²) < 4.78 is 18.7. The number of nitrogens with zero attached hydrogens (tertiary/aromatic N) is 1. The molecular weight excluding hydrogens is 277 g/mol. The van der Waals surface area contributed by atoms with Crippen molar-refractivity contribution >= 4 is 18.0 Å². The normalized spacial score (nSPS) is 10.8. The molecule has 0 spiro atoms. The van der Waals surface area contributed by atoms with E-state index in [2.05, 4.69) is 0 Å². The van der Waals surface area contributed by atoms with Crippen LogP contribution in [0.5, 0.6) is 0 Å². The second kappa shape index (κ2) is 8.16. The van der Waals surface area contributed by atoms with E-state index >= 15 is 0 Å². The summed E-state index contributed by atoms with van der Waals surface area (Å²) in [4.78, 5) is 24.0. The van der Waals surface area contributed by atoms with E-state index in [0.717, 1.165) is 18.2 Å². The zero-order valence-corrected chi connectivity index (χ0v) is 12.0. The highest BCUT2D eigenvalue weighted by atomic mass is 19.1. The van der Waals surface area contributed by atoms with E-state index in [1.807, 2.05) is 0 Å². The van der Waals surface area contributed by atoms with Crippen molar-refractivity contribution in [2.24, 2.45) is 0 Å². The van der Waals surface area contributed by atoms with E-state index in [1.54, 1.807) is 14.2 Å². The van der Waals surface area contributed by atoms with Crippen molar-refractivity contribution in [2.75, 3.05) is 27.3 Å². The molecule has 21 heavy (non-hydrogen) atoms. The van der Waals surface area contributed by atoms with Gasteiger partial charge in [-0.05, 0) is 24.6 Å².